The molecule has 24 heavy (non-hydrogen) atoms. The molecule has 0 saturated heterocycles. The summed E-state index contributed by atoms with van der Waals surface area (Å²) < 4.78 is 0. The highest BCUT2D eigenvalue weighted by molar-refractivity contribution is 6.30. The molecule has 0 aliphatic rings. The monoisotopic (exact) mass is 345 g/mol. The predicted octanol–water partition coefficient (Wildman–Crippen LogP) is 4.35. The Morgan fingerprint density at radius 3 is 2.38 bits per heavy atom. The van der Waals surface area contributed by atoms with Crippen molar-refractivity contribution in [1.29, 1.82) is 0 Å². The molecule has 1 amide bonds. The molecular weight excluding hydrogens is 326 g/mol. The SMILES string of the molecule is CC(Cc1ccc(NC(=O)C(C)c2cccc(Cl)c2)cc1)C(=O)O. The van der Waals surface area contributed by atoms with E-state index in [1.165, 1.54) is 0 Å². The second-order valence-electron chi connectivity index (χ2n) is 5.91. The number of carbonyl (C=O) groups is 2. The minimum Gasteiger partial charge on any atom is -0.481 e. The minimum atomic E-state index is -0.817. The molecular formula is C19H20ClNO3. The fraction of sp³-hybridized carbons (Fsp3) is 0.263. The van der Waals surface area contributed by atoms with Crippen LogP contribution in [0.15, 0.2) is 48.5 Å². The molecule has 0 aliphatic heterocycles. The van der Waals surface area contributed by atoms with Crippen molar-refractivity contribution in [3.63, 3.8) is 0 Å². The Morgan fingerprint density at radius 1 is 1.12 bits per heavy atom. The van der Waals surface area contributed by atoms with Crippen LogP contribution < -0.4 is 5.32 Å². The third kappa shape index (κ3) is 4.83. The van der Waals surface area contributed by atoms with E-state index < -0.39 is 11.9 Å². The minimum absolute atomic E-state index is 0.121. The van der Waals surface area contributed by atoms with Gasteiger partial charge in [-0.2, -0.15) is 0 Å². The first-order valence-electron chi connectivity index (χ1n) is 7.75. The van der Waals surface area contributed by atoms with Crippen LogP contribution in [0.2, 0.25) is 5.02 Å². The maximum Gasteiger partial charge on any atom is 0.306 e. The summed E-state index contributed by atoms with van der Waals surface area (Å²) in [5.74, 6) is -1.70. The lowest BCUT2D eigenvalue weighted by Gasteiger charge is -2.13. The van der Waals surface area contributed by atoms with E-state index in [1.807, 2.05) is 31.2 Å². The van der Waals surface area contributed by atoms with E-state index in [4.69, 9.17) is 16.7 Å². The van der Waals surface area contributed by atoms with Gasteiger partial charge < -0.3 is 10.4 Å². The Balaban J connectivity index is 2.00. The third-order valence-corrected chi connectivity index (χ3v) is 4.16. The van der Waals surface area contributed by atoms with Gasteiger partial charge in [-0.25, -0.2) is 0 Å². The van der Waals surface area contributed by atoms with Crippen molar-refractivity contribution >= 4 is 29.2 Å². The molecule has 0 radical (unpaired) electrons. The van der Waals surface area contributed by atoms with Crippen LogP contribution in [0.3, 0.4) is 0 Å². The molecule has 0 aromatic heterocycles. The zero-order valence-electron chi connectivity index (χ0n) is 13.6. The summed E-state index contributed by atoms with van der Waals surface area (Å²) in [5, 5.41) is 12.4. The Kier molecular flexibility index (Phi) is 5.99. The third-order valence-electron chi connectivity index (χ3n) is 3.93. The maximum absolute atomic E-state index is 12.3. The Bertz CT molecular complexity index is 728. The van der Waals surface area contributed by atoms with Gasteiger partial charge in [0.05, 0.1) is 11.8 Å². The fourth-order valence-electron chi connectivity index (χ4n) is 2.34. The molecule has 2 rings (SSSR count). The molecule has 126 valence electrons. The maximum atomic E-state index is 12.3. The number of carboxylic acid groups (broad SMARTS) is 1. The number of aliphatic carboxylic acids is 1. The summed E-state index contributed by atoms with van der Waals surface area (Å²) in [7, 11) is 0. The van der Waals surface area contributed by atoms with Crippen molar-refractivity contribution in [2.24, 2.45) is 5.92 Å². The number of amides is 1. The number of benzene rings is 2. The van der Waals surface area contributed by atoms with Crippen LogP contribution in [0.25, 0.3) is 0 Å². The highest BCUT2D eigenvalue weighted by Gasteiger charge is 2.16. The average molecular weight is 346 g/mol. The molecule has 0 aliphatic carbocycles. The predicted molar refractivity (Wildman–Crippen MR) is 95.4 cm³/mol. The quantitative estimate of drug-likeness (QED) is 0.818. The van der Waals surface area contributed by atoms with Crippen LogP contribution in [0.1, 0.15) is 30.9 Å². The summed E-state index contributed by atoms with van der Waals surface area (Å²) in [6.07, 6.45) is 0.461. The van der Waals surface area contributed by atoms with Gasteiger partial charge in [-0.15, -0.1) is 0 Å². The number of anilines is 1. The van der Waals surface area contributed by atoms with Gasteiger partial charge in [0.15, 0.2) is 0 Å². The molecule has 4 nitrogen and oxygen atoms in total. The number of rotatable bonds is 6. The van der Waals surface area contributed by atoms with Gasteiger partial charge in [-0.1, -0.05) is 42.8 Å². The summed E-state index contributed by atoms with van der Waals surface area (Å²) in [5.41, 5.74) is 2.46. The molecule has 0 heterocycles. The molecule has 0 saturated carbocycles. The second-order valence-corrected chi connectivity index (χ2v) is 6.34. The lowest BCUT2D eigenvalue weighted by molar-refractivity contribution is -0.141. The van der Waals surface area contributed by atoms with Crippen molar-refractivity contribution in [2.45, 2.75) is 26.2 Å². The van der Waals surface area contributed by atoms with Crippen molar-refractivity contribution in [3.05, 3.63) is 64.7 Å². The smallest absolute Gasteiger partial charge is 0.306 e. The molecule has 2 aromatic carbocycles. The van der Waals surface area contributed by atoms with Crippen molar-refractivity contribution in [2.75, 3.05) is 5.32 Å². The van der Waals surface area contributed by atoms with Gasteiger partial charge in [-0.05, 0) is 48.7 Å². The highest BCUT2D eigenvalue weighted by atomic mass is 35.5. The number of nitrogens with one attached hydrogen (secondary N) is 1. The number of carboxylic acids is 1. The number of hydrogen-bond donors (Lipinski definition) is 2. The van der Waals surface area contributed by atoms with Gasteiger partial charge in [0, 0.05) is 10.7 Å². The molecule has 5 heteroatoms. The zero-order chi connectivity index (χ0) is 17.7. The van der Waals surface area contributed by atoms with Crippen LogP contribution in [0.4, 0.5) is 5.69 Å². The van der Waals surface area contributed by atoms with Gasteiger partial charge in [-0.3, -0.25) is 9.59 Å². The first-order chi connectivity index (χ1) is 11.4. The van der Waals surface area contributed by atoms with Crippen molar-refractivity contribution < 1.29 is 14.7 Å². The summed E-state index contributed by atoms with van der Waals surface area (Å²) in [6.45, 7) is 3.49. The van der Waals surface area contributed by atoms with E-state index in [9.17, 15) is 9.59 Å². The standard InChI is InChI=1S/C19H20ClNO3/c1-12(19(23)24)10-14-6-8-17(9-7-14)21-18(22)13(2)15-4-3-5-16(20)11-15/h3-9,11-13H,10H2,1-2H3,(H,21,22)(H,23,24). The number of hydrogen-bond acceptors (Lipinski definition) is 2. The first-order valence-corrected chi connectivity index (χ1v) is 8.12. The summed E-state index contributed by atoms with van der Waals surface area (Å²) >= 11 is 5.96. The molecule has 2 atom stereocenters. The second kappa shape index (κ2) is 7.97. The van der Waals surface area contributed by atoms with Crippen molar-refractivity contribution in [1.82, 2.24) is 0 Å². The zero-order valence-corrected chi connectivity index (χ0v) is 14.4. The Hall–Kier alpha value is -2.33. The molecule has 2 N–H and O–H groups in total. The average Bonchev–Trinajstić information content (AvgIpc) is 2.55. The summed E-state index contributed by atoms with van der Waals surface area (Å²) in [6, 6.07) is 14.5. The van der Waals surface area contributed by atoms with E-state index in [0.717, 1.165) is 11.1 Å². The molecule has 0 fully saturated rings. The largest absolute Gasteiger partial charge is 0.481 e. The Morgan fingerprint density at radius 2 is 1.79 bits per heavy atom. The molecule has 2 aromatic rings. The van der Waals surface area contributed by atoms with Crippen LogP contribution in [-0.2, 0) is 16.0 Å². The lowest BCUT2D eigenvalue weighted by Crippen LogP contribution is -2.19. The van der Waals surface area contributed by atoms with E-state index in [-0.39, 0.29) is 11.8 Å². The molecule has 2 unspecified atom stereocenters. The Labute approximate surface area is 146 Å². The van der Waals surface area contributed by atoms with Crippen molar-refractivity contribution in [3.8, 4) is 0 Å². The van der Waals surface area contributed by atoms with E-state index in [0.29, 0.717) is 17.1 Å². The summed E-state index contributed by atoms with van der Waals surface area (Å²) in [4.78, 5) is 23.2. The highest BCUT2D eigenvalue weighted by Crippen LogP contribution is 2.21. The van der Waals surface area contributed by atoms with Crippen LogP contribution in [0.5, 0.6) is 0 Å². The number of halogens is 1. The van der Waals surface area contributed by atoms with E-state index in [2.05, 4.69) is 5.32 Å². The topological polar surface area (TPSA) is 66.4 Å². The molecule has 0 bridgehead atoms. The van der Waals surface area contributed by atoms with Gasteiger partial charge in [0.1, 0.15) is 0 Å². The van der Waals surface area contributed by atoms with Gasteiger partial charge in [0.25, 0.3) is 0 Å². The first kappa shape index (κ1) is 18.0. The van der Waals surface area contributed by atoms with Gasteiger partial charge >= 0.3 is 5.97 Å². The van der Waals surface area contributed by atoms with Gasteiger partial charge in [0.2, 0.25) is 5.91 Å². The van der Waals surface area contributed by atoms with E-state index in [1.54, 1.807) is 31.2 Å². The van der Waals surface area contributed by atoms with Crippen LogP contribution >= 0.6 is 11.6 Å². The van der Waals surface area contributed by atoms with Crippen LogP contribution in [0, 0.1) is 5.92 Å². The fourth-order valence-corrected chi connectivity index (χ4v) is 2.54. The number of carbonyl (C=O) groups excluding carboxylic acids is 1. The normalized spacial score (nSPS) is 13.1. The van der Waals surface area contributed by atoms with Crippen LogP contribution in [-0.4, -0.2) is 17.0 Å². The molecule has 0 spiro atoms. The van der Waals surface area contributed by atoms with E-state index >= 15 is 0 Å². The lowest BCUT2D eigenvalue weighted by atomic mass is 9.99.